The molecule has 8 heteroatoms. The van der Waals surface area contributed by atoms with Crippen molar-refractivity contribution in [3.63, 3.8) is 0 Å². The number of aromatic nitrogens is 2. The predicted molar refractivity (Wildman–Crippen MR) is 119 cm³/mol. The van der Waals surface area contributed by atoms with Gasteiger partial charge in [0.15, 0.2) is 0 Å². The van der Waals surface area contributed by atoms with Crippen LogP contribution < -0.4 is 0 Å². The molecule has 168 valence electrons. The van der Waals surface area contributed by atoms with Crippen molar-refractivity contribution >= 4 is 17.7 Å². The van der Waals surface area contributed by atoms with Gasteiger partial charge in [0.25, 0.3) is 0 Å². The normalized spacial score (nSPS) is 22.6. The standard InChI is InChI=1S/C23H31ClN4O3/c1-23(2,3)30-22(29)28-14-8-12-19(28)18-11-6-7-13-27(18)15-20-25-21(26-31-20)16-9-4-5-10-17(16)24/h4-5,9-10,18-19H,6-8,11-15H2,1-3H3. The van der Waals surface area contributed by atoms with Crippen molar-refractivity contribution < 1.29 is 14.1 Å². The van der Waals surface area contributed by atoms with Gasteiger partial charge in [-0.15, -0.1) is 0 Å². The summed E-state index contributed by atoms with van der Waals surface area (Å²) in [6.45, 7) is 8.01. The van der Waals surface area contributed by atoms with Crippen molar-refractivity contribution in [2.45, 2.75) is 77.1 Å². The molecule has 1 aromatic heterocycles. The zero-order chi connectivity index (χ0) is 22.0. The van der Waals surface area contributed by atoms with E-state index in [4.69, 9.17) is 20.9 Å². The van der Waals surface area contributed by atoms with Gasteiger partial charge < -0.3 is 14.2 Å². The quantitative estimate of drug-likeness (QED) is 0.647. The summed E-state index contributed by atoms with van der Waals surface area (Å²) in [6.07, 6.45) is 5.13. The number of carbonyl (C=O) groups excluding carboxylic acids is 1. The molecular formula is C23H31ClN4O3. The van der Waals surface area contributed by atoms with Crippen LogP contribution in [0.1, 0.15) is 58.8 Å². The van der Waals surface area contributed by atoms with Crippen LogP contribution in [0.5, 0.6) is 0 Å². The monoisotopic (exact) mass is 446 g/mol. The van der Waals surface area contributed by atoms with E-state index in [1.165, 1.54) is 0 Å². The van der Waals surface area contributed by atoms with E-state index in [1.54, 1.807) is 0 Å². The second kappa shape index (κ2) is 9.17. The van der Waals surface area contributed by atoms with Gasteiger partial charge >= 0.3 is 6.09 Å². The first-order valence-electron chi connectivity index (χ1n) is 11.1. The van der Waals surface area contributed by atoms with Crippen LogP contribution in [0.15, 0.2) is 28.8 Å². The predicted octanol–water partition coefficient (Wildman–Crippen LogP) is 5.14. The number of amides is 1. The summed E-state index contributed by atoms with van der Waals surface area (Å²) < 4.78 is 11.2. The lowest BCUT2D eigenvalue weighted by molar-refractivity contribution is 0.00514. The maximum Gasteiger partial charge on any atom is 0.410 e. The first-order chi connectivity index (χ1) is 14.8. The molecule has 2 atom stereocenters. The Kier molecular flexibility index (Phi) is 6.53. The Balaban J connectivity index is 1.48. The fraction of sp³-hybridized carbons (Fsp3) is 0.609. The number of rotatable bonds is 4. The first-order valence-corrected chi connectivity index (χ1v) is 11.5. The summed E-state index contributed by atoms with van der Waals surface area (Å²) in [4.78, 5) is 21.7. The van der Waals surface area contributed by atoms with Gasteiger partial charge in [0, 0.05) is 18.2 Å². The lowest BCUT2D eigenvalue weighted by atomic mass is 9.94. The number of likely N-dealkylation sites (tertiary alicyclic amines) is 2. The van der Waals surface area contributed by atoms with Crippen molar-refractivity contribution in [1.82, 2.24) is 19.9 Å². The van der Waals surface area contributed by atoms with E-state index in [0.717, 1.165) is 50.8 Å². The van der Waals surface area contributed by atoms with E-state index >= 15 is 0 Å². The van der Waals surface area contributed by atoms with E-state index in [0.29, 0.717) is 23.3 Å². The number of nitrogens with zero attached hydrogens (tertiary/aromatic N) is 4. The van der Waals surface area contributed by atoms with Gasteiger partial charge in [-0.1, -0.05) is 35.3 Å². The number of piperidine rings is 1. The minimum Gasteiger partial charge on any atom is -0.444 e. The van der Waals surface area contributed by atoms with Crippen LogP contribution in [0.3, 0.4) is 0 Å². The van der Waals surface area contributed by atoms with E-state index in [1.807, 2.05) is 49.9 Å². The van der Waals surface area contributed by atoms with Gasteiger partial charge in [0.1, 0.15) is 5.60 Å². The maximum atomic E-state index is 12.8. The Labute approximate surface area is 188 Å². The molecule has 2 aliphatic rings. The van der Waals surface area contributed by atoms with Crippen molar-refractivity contribution in [2.75, 3.05) is 13.1 Å². The second-order valence-electron chi connectivity index (χ2n) is 9.41. The molecule has 0 spiro atoms. The van der Waals surface area contributed by atoms with Crippen LogP contribution >= 0.6 is 11.6 Å². The SMILES string of the molecule is CC(C)(C)OC(=O)N1CCCC1C1CCCCN1Cc1nc(-c2ccccc2Cl)no1. The van der Waals surface area contributed by atoms with Crippen LogP contribution in [0, 0.1) is 0 Å². The average Bonchev–Trinajstić information content (AvgIpc) is 3.37. The fourth-order valence-electron chi connectivity index (χ4n) is 4.63. The number of halogens is 1. The molecule has 4 rings (SSSR count). The summed E-state index contributed by atoms with van der Waals surface area (Å²) in [5.74, 6) is 1.08. The third-order valence-corrected chi connectivity index (χ3v) is 6.29. The summed E-state index contributed by atoms with van der Waals surface area (Å²) in [5.41, 5.74) is 0.274. The highest BCUT2D eigenvalue weighted by Gasteiger charge is 2.40. The van der Waals surface area contributed by atoms with Gasteiger partial charge in [-0.05, 0) is 65.1 Å². The highest BCUT2D eigenvalue weighted by atomic mass is 35.5. The summed E-state index contributed by atoms with van der Waals surface area (Å²) in [6, 6.07) is 7.91. The lowest BCUT2D eigenvalue weighted by Crippen LogP contribution is -2.53. The van der Waals surface area contributed by atoms with E-state index in [-0.39, 0.29) is 18.2 Å². The molecule has 2 saturated heterocycles. The minimum absolute atomic E-state index is 0.154. The number of carbonyl (C=O) groups is 1. The molecule has 0 aliphatic carbocycles. The van der Waals surface area contributed by atoms with E-state index < -0.39 is 5.60 Å². The molecule has 0 saturated carbocycles. The topological polar surface area (TPSA) is 71.7 Å². The summed E-state index contributed by atoms with van der Waals surface area (Å²) in [5, 5.41) is 4.74. The van der Waals surface area contributed by atoms with Crippen LogP contribution in [0.2, 0.25) is 5.02 Å². The first kappa shape index (κ1) is 22.1. The highest BCUT2D eigenvalue weighted by Crippen LogP contribution is 2.32. The molecule has 2 aromatic rings. The molecule has 1 aromatic carbocycles. The molecule has 1 amide bonds. The fourth-order valence-corrected chi connectivity index (χ4v) is 4.85. The van der Waals surface area contributed by atoms with E-state index in [2.05, 4.69) is 15.0 Å². The smallest absolute Gasteiger partial charge is 0.410 e. The number of hydrogen-bond acceptors (Lipinski definition) is 6. The van der Waals surface area contributed by atoms with Crippen LogP contribution in [0.4, 0.5) is 4.79 Å². The second-order valence-corrected chi connectivity index (χ2v) is 9.82. The Hall–Kier alpha value is -2.12. The molecule has 31 heavy (non-hydrogen) atoms. The van der Waals surface area contributed by atoms with Gasteiger partial charge in [-0.3, -0.25) is 4.90 Å². The average molecular weight is 447 g/mol. The Bertz CT molecular complexity index is 910. The van der Waals surface area contributed by atoms with Gasteiger partial charge in [0.2, 0.25) is 11.7 Å². The van der Waals surface area contributed by atoms with Crippen molar-refractivity contribution in [3.05, 3.63) is 35.2 Å². The van der Waals surface area contributed by atoms with Gasteiger partial charge in [0.05, 0.1) is 17.6 Å². The van der Waals surface area contributed by atoms with Crippen molar-refractivity contribution in [1.29, 1.82) is 0 Å². The molecule has 2 fully saturated rings. The molecule has 2 unspecified atom stereocenters. The van der Waals surface area contributed by atoms with Gasteiger partial charge in [-0.25, -0.2) is 4.79 Å². The Morgan fingerprint density at radius 2 is 1.94 bits per heavy atom. The lowest BCUT2D eigenvalue weighted by Gasteiger charge is -2.41. The van der Waals surface area contributed by atoms with Crippen LogP contribution in [-0.2, 0) is 11.3 Å². The Morgan fingerprint density at radius 3 is 2.71 bits per heavy atom. The zero-order valence-corrected chi connectivity index (χ0v) is 19.3. The molecule has 3 heterocycles. The number of benzene rings is 1. The van der Waals surface area contributed by atoms with Crippen LogP contribution in [-0.4, -0.2) is 56.8 Å². The largest absolute Gasteiger partial charge is 0.444 e. The number of hydrogen-bond donors (Lipinski definition) is 0. The van der Waals surface area contributed by atoms with Crippen LogP contribution in [0.25, 0.3) is 11.4 Å². The maximum absolute atomic E-state index is 12.8. The molecule has 0 N–H and O–H groups in total. The van der Waals surface area contributed by atoms with Gasteiger partial charge in [-0.2, -0.15) is 4.98 Å². The molecule has 0 radical (unpaired) electrons. The summed E-state index contributed by atoms with van der Waals surface area (Å²) in [7, 11) is 0. The third-order valence-electron chi connectivity index (χ3n) is 5.96. The number of ether oxygens (including phenoxy) is 1. The molecule has 2 aliphatic heterocycles. The minimum atomic E-state index is -0.491. The highest BCUT2D eigenvalue weighted by molar-refractivity contribution is 6.33. The van der Waals surface area contributed by atoms with Crippen molar-refractivity contribution in [2.24, 2.45) is 0 Å². The molecular weight excluding hydrogens is 416 g/mol. The van der Waals surface area contributed by atoms with Crippen molar-refractivity contribution in [3.8, 4) is 11.4 Å². The van der Waals surface area contributed by atoms with E-state index in [9.17, 15) is 4.79 Å². The zero-order valence-electron chi connectivity index (χ0n) is 18.5. The summed E-state index contributed by atoms with van der Waals surface area (Å²) >= 11 is 6.28. The molecule has 7 nitrogen and oxygen atoms in total. The molecule has 0 bridgehead atoms. The third kappa shape index (κ3) is 5.21. The Morgan fingerprint density at radius 1 is 1.16 bits per heavy atom.